The predicted octanol–water partition coefficient (Wildman–Crippen LogP) is 3.21. The smallest absolute Gasteiger partial charge is 0.233 e. The zero-order valence-electron chi connectivity index (χ0n) is 12.8. The Morgan fingerprint density at radius 1 is 1.04 bits per heavy atom. The molecule has 0 aliphatic carbocycles. The van der Waals surface area contributed by atoms with Gasteiger partial charge in [-0.25, -0.2) is 13.1 Å². The molecule has 5 nitrogen and oxygen atoms in total. The fourth-order valence-corrected chi connectivity index (χ4v) is 3.20. The van der Waals surface area contributed by atoms with Gasteiger partial charge in [-0.1, -0.05) is 42.5 Å². The molecule has 24 heavy (non-hydrogen) atoms. The van der Waals surface area contributed by atoms with Gasteiger partial charge in [0.1, 0.15) is 0 Å². The molecule has 0 atom stereocenters. The third-order valence-corrected chi connectivity index (χ3v) is 5.08. The van der Waals surface area contributed by atoms with Crippen molar-refractivity contribution in [3.63, 3.8) is 0 Å². The largest absolute Gasteiger partial charge is 0.325 e. The maximum atomic E-state index is 11.9. The van der Waals surface area contributed by atoms with Crippen molar-refractivity contribution in [3.05, 3.63) is 69.1 Å². The van der Waals surface area contributed by atoms with Crippen LogP contribution in [0.3, 0.4) is 0 Å². The second-order valence-corrected chi connectivity index (χ2v) is 7.74. The van der Waals surface area contributed by atoms with Crippen LogP contribution in [0.25, 0.3) is 6.08 Å². The molecule has 2 N–H and O–H groups in total. The SMILES string of the molecule is O=C(CCNS(=O)(=O)C=Cc1ccccc1)Nc1ccccc1I. The van der Waals surface area contributed by atoms with E-state index in [1.807, 2.05) is 36.4 Å². The van der Waals surface area contributed by atoms with Gasteiger partial charge >= 0.3 is 0 Å². The van der Waals surface area contributed by atoms with Gasteiger partial charge in [0.2, 0.25) is 15.9 Å². The lowest BCUT2D eigenvalue weighted by molar-refractivity contribution is -0.116. The first kappa shape index (κ1) is 18.6. The topological polar surface area (TPSA) is 75.3 Å². The van der Waals surface area contributed by atoms with Crippen LogP contribution in [0.2, 0.25) is 0 Å². The van der Waals surface area contributed by atoms with E-state index in [1.165, 1.54) is 6.08 Å². The highest BCUT2D eigenvalue weighted by Crippen LogP contribution is 2.16. The first-order valence-electron chi connectivity index (χ1n) is 7.23. The number of rotatable bonds is 7. The molecule has 2 aromatic carbocycles. The Balaban J connectivity index is 1.81. The van der Waals surface area contributed by atoms with E-state index in [4.69, 9.17) is 0 Å². The molecule has 2 rings (SSSR count). The summed E-state index contributed by atoms with van der Waals surface area (Å²) in [6, 6.07) is 16.5. The van der Waals surface area contributed by atoms with Crippen molar-refractivity contribution in [1.82, 2.24) is 4.72 Å². The summed E-state index contributed by atoms with van der Waals surface area (Å²) in [5, 5.41) is 3.85. The van der Waals surface area contributed by atoms with Crippen LogP contribution in [0.5, 0.6) is 0 Å². The van der Waals surface area contributed by atoms with Crippen molar-refractivity contribution in [3.8, 4) is 0 Å². The monoisotopic (exact) mass is 456 g/mol. The van der Waals surface area contributed by atoms with Crippen LogP contribution in [0.1, 0.15) is 12.0 Å². The molecule has 0 saturated heterocycles. The van der Waals surface area contributed by atoms with E-state index in [9.17, 15) is 13.2 Å². The summed E-state index contributed by atoms with van der Waals surface area (Å²) in [4.78, 5) is 11.9. The normalized spacial score (nSPS) is 11.5. The molecule has 1 amide bonds. The number of para-hydroxylation sites is 1. The summed E-state index contributed by atoms with van der Waals surface area (Å²) in [5.74, 6) is -0.242. The molecular formula is C17H17IN2O3S. The highest BCUT2D eigenvalue weighted by Gasteiger charge is 2.08. The lowest BCUT2D eigenvalue weighted by atomic mass is 10.2. The Bertz CT molecular complexity index is 821. The van der Waals surface area contributed by atoms with Crippen molar-refractivity contribution < 1.29 is 13.2 Å². The number of carbonyl (C=O) groups is 1. The summed E-state index contributed by atoms with van der Waals surface area (Å²) in [6.45, 7) is 0.0384. The standard InChI is InChI=1S/C17H17IN2O3S/c18-15-8-4-5-9-16(15)20-17(21)10-12-19-24(22,23)13-11-14-6-2-1-3-7-14/h1-9,11,13,19H,10,12H2,(H,20,21). The quantitative estimate of drug-likeness (QED) is 0.629. The number of carbonyl (C=O) groups excluding carboxylic acids is 1. The van der Waals surface area contributed by atoms with E-state index < -0.39 is 10.0 Å². The fourth-order valence-electron chi connectivity index (χ4n) is 1.86. The Morgan fingerprint density at radius 3 is 2.42 bits per heavy atom. The zero-order chi connectivity index (χ0) is 17.4. The number of anilines is 1. The van der Waals surface area contributed by atoms with Gasteiger partial charge in [-0.3, -0.25) is 4.79 Å². The van der Waals surface area contributed by atoms with E-state index in [0.717, 1.165) is 20.2 Å². The number of benzene rings is 2. The minimum absolute atomic E-state index is 0.0384. The van der Waals surface area contributed by atoms with Crippen LogP contribution in [0, 0.1) is 3.57 Å². The van der Waals surface area contributed by atoms with Gasteiger partial charge in [-0.05, 0) is 46.4 Å². The van der Waals surface area contributed by atoms with E-state index in [1.54, 1.807) is 18.2 Å². The fraction of sp³-hybridized carbons (Fsp3) is 0.118. The van der Waals surface area contributed by atoms with Gasteiger partial charge in [0, 0.05) is 21.9 Å². The van der Waals surface area contributed by atoms with Crippen molar-refractivity contribution >= 4 is 50.3 Å². The molecule has 0 radical (unpaired) electrons. The minimum atomic E-state index is -3.57. The van der Waals surface area contributed by atoms with E-state index in [2.05, 4.69) is 32.6 Å². The second kappa shape index (κ2) is 8.95. The Kier molecular flexibility index (Phi) is 6.95. The molecule has 2 aromatic rings. The van der Waals surface area contributed by atoms with Gasteiger partial charge in [-0.2, -0.15) is 0 Å². The summed E-state index contributed by atoms with van der Waals surface area (Å²) < 4.78 is 27.0. The van der Waals surface area contributed by atoms with Crippen LogP contribution in [0.15, 0.2) is 60.0 Å². The molecule has 0 fully saturated rings. The Hall–Kier alpha value is -1.71. The molecule has 0 saturated carbocycles. The summed E-state index contributed by atoms with van der Waals surface area (Å²) in [5.41, 5.74) is 1.51. The number of hydrogen-bond donors (Lipinski definition) is 2. The third kappa shape index (κ3) is 6.42. The number of hydrogen-bond acceptors (Lipinski definition) is 3. The maximum Gasteiger partial charge on any atom is 0.233 e. The van der Waals surface area contributed by atoms with Crippen molar-refractivity contribution in [1.29, 1.82) is 0 Å². The first-order valence-corrected chi connectivity index (χ1v) is 9.86. The predicted molar refractivity (Wildman–Crippen MR) is 105 cm³/mol. The van der Waals surface area contributed by atoms with Crippen LogP contribution in [0.4, 0.5) is 5.69 Å². The molecule has 0 heterocycles. The van der Waals surface area contributed by atoms with E-state index >= 15 is 0 Å². The number of amides is 1. The maximum absolute atomic E-state index is 11.9. The number of halogens is 1. The third-order valence-electron chi connectivity index (χ3n) is 3.04. The molecular weight excluding hydrogens is 439 g/mol. The minimum Gasteiger partial charge on any atom is -0.325 e. The van der Waals surface area contributed by atoms with Gasteiger partial charge < -0.3 is 5.32 Å². The molecule has 0 aliphatic rings. The molecule has 0 aromatic heterocycles. The number of sulfonamides is 1. The zero-order valence-corrected chi connectivity index (χ0v) is 15.8. The summed E-state index contributed by atoms with van der Waals surface area (Å²) >= 11 is 2.13. The van der Waals surface area contributed by atoms with Crippen molar-refractivity contribution in [2.24, 2.45) is 0 Å². The van der Waals surface area contributed by atoms with E-state index in [0.29, 0.717) is 0 Å². The summed E-state index contributed by atoms with van der Waals surface area (Å²) in [6.07, 6.45) is 1.57. The lowest BCUT2D eigenvalue weighted by Gasteiger charge is -2.07. The first-order chi connectivity index (χ1) is 11.5. The Labute approximate surface area is 155 Å². The van der Waals surface area contributed by atoms with Gasteiger partial charge in [0.25, 0.3) is 0 Å². The second-order valence-electron chi connectivity index (χ2n) is 4.93. The van der Waals surface area contributed by atoms with Gasteiger partial charge in [-0.15, -0.1) is 0 Å². The summed E-state index contributed by atoms with van der Waals surface area (Å²) in [7, 11) is -3.57. The molecule has 7 heteroatoms. The highest BCUT2D eigenvalue weighted by molar-refractivity contribution is 14.1. The van der Waals surface area contributed by atoms with Crippen molar-refractivity contribution in [2.75, 3.05) is 11.9 Å². The van der Waals surface area contributed by atoms with Crippen LogP contribution < -0.4 is 10.0 Å². The molecule has 0 unspecified atom stereocenters. The van der Waals surface area contributed by atoms with Crippen LogP contribution in [-0.2, 0) is 14.8 Å². The molecule has 0 bridgehead atoms. The lowest BCUT2D eigenvalue weighted by Crippen LogP contribution is -2.26. The van der Waals surface area contributed by atoms with Crippen LogP contribution >= 0.6 is 22.6 Å². The Morgan fingerprint density at radius 2 is 1.71 bits per heavy atom. The number of nitrogens with one attached hydrogen (secondary N) is 2. The highest BCUT2D eigenvalue weighted by atomic mass is 127. The van der Waals surface area contributed by atoms with Gasteiger partial charge in [0.05, 0.1) is 5.69 Å². The van der Waals surface area contributed by atoms with Crippen LogP contribution in [-0.4, -0.2) is 20.9 Å². The van der Waals surface area contributed by atoms with E-state index in [-0.39, 0.29) is 18.9 Å². The molecule has 0 spiro atoms. The van der Waals surface area contributed by atoms with Gasteiger partial charge in [0.15, 0.2) is 0 Å². The average molecular weight is 456 g/mol. The average Bonchev–Trinajstić information content (AvgIpc) is 2.56. The van der Waals surface area contributed by atoms with Crippen molar-refractivity contribution in [2.45, 2.75) is 6.42 Å². The molecule has 0 aliphatic heterocycles. The molecule has 126 valence electrons.